The molecular weight excluding hydrogens is 376 g/mol. The predicted octanol–water partition coefficient (Wildman–Crippen LogP) is 5.65. The van der Waals surface area contributed by atoms with Gasteiger partial charge in [-0.2, -0.15) is 5.10 Å². The zero-order valence-corrected chi connectivity index (χ0v) is 16.6. The molecule has 0 spiro atoms. The fraction of sp³-hybridized carbons (Fsp3) is 0.143. The van der Waals surface area contributed by atoms with E-state index in [1.54, 1.807) is 25.4 Å². The first-order valence-electron chi connectivity index (χ1n) is 8.48. The number of nitrogens with zero attached hydrogens (tertiary/aromatic N) is 1. The van der Waals surface area contributed by atoms with Crippen LogP contribution in [-0.4, -0.2) is 28.8 Å². The Balaban J connectivity index is 1.59. The first kappa shape index (κ1) is 17.8. The Morgan fingerprint density at radius 1 is 1.07 bits per heavy atom. The molecule has 6 heteroatoms. The minimum Gasteiger partial charge on any atom is -0.497 e. The van der Waals surface area contributed by atoms with E-state index in [1.165, 1.54) is 27.6 Å². The summed E-state index contributed by atoms with van der Waals surface area (Å²) in [6.07, 6.45) is 0. The molecule has 27 heavy (non-hydrogen) atoms. The first-order valence-corrected chi connectivity index (χ1v) is 10.3. The van der Waals surface area contributed by atoms with Crippen LogP contribution in [0, 0.1) is 0 Å². The van der Waals surface area contributed by atoms with Crippen LogP contribution >= 0.6 is 23.1 Å². The highest BCUT2D eigenvalue weighted by Gasteiger charge is 2.10. The second kappa shape index (κ2) is 7.58. The standard InChI is InChI=1S/C21H18N2O2S2/c1-13(24)12-26-21-11-18(22-23-21)20-8-7-19(27-20)16-4-3-15-10-17(25-2)6-5-14(15)9-16/h3-11H,12H2,1-2H3,(H,22,23). The van der Waals surface area contributed by atoms with Gasteiger partial charge in [-0.15, -0.1) is 11.3 Å². The summed E-state index contributed by atoms with van der Waals surface area (Å²) in [7, 11) is 1.68. The van der Waals surface area contributed by atoms with Crippen molar-refractivity contribution in [2.45, 2.75) is 11.9 Å². The summed E-state index contributed by atoms with van der Waals surface area (Å²) in [5, 5.41) is 10.5. The third-order valence-corrected chi connectivity index (χ3v) is 6.40. The van der Waals surface area contributed by atoms with Crippen LogP contribution in [0.15, 0.2) is 59.6 Å². The molecule has 4 nitrogen and oxygen atoms in total. The molecule has 4 aromatic rings. The molecule has 1 N–H and O–H groups in total. The molecule has 0 amide bonds. The van der Waals surface area contributed by atoms with Crippen LogP contribution in [0.2, 0.25) is 0 Å². The van der Waals surface area contributed by atoms with Crippen molar-refractivity contribution in [1.29, 1.82) is 0 Å². The molecule has 2 heterocycles. The van der Waals surface area contributed by atoms with Crippen LogP contribution < -0.4 is 4.74 Å². The summed E-state index contributed by atoms with van der Waals surface area (Å²) in [5.74, 6) is 1.46. The molecule has 4 rings (SSSR count). The molecule has 0 bridgehead atoms. The molecule has 0 radical (unpaired) electrons. The van der Waals surface area contributed by atoms with Crippen molar-refractivity contribution < 1.29 is 9.53 Å². The number of thioether (sulfide) groups is 1. The highest BCUT2D eigenvalue weighted by molar-refractivity contribution is 7.99. The smallest absolute Gasteiger partial charge is 0.140 e. The van der Waals surface area contributed by atoms with Gasteiger partial charge >= 0.3 is 0 Å². The lowest BCUT2D eigenvalue weighted by Gasteiger charge is -2.04. The topological polar surface area (TPSA) is 55.0 Å². The maximum Gasteiger partial charge on any atom is 0.140 e. The van der Waals surface area contributed by atoms with Crippen molar-refractivity contribution in [2.24, 2.45) is 0 Å². The Hall–Kier alpha value is -2.57. The summed E-state index contributed by atoms with van der Waals surface area (Å²) < 4.78 is 5.29. The van der Waals surface area contributed by atoms with Gasteiger partial charge in [0.05, 0.1) is 23.4 Å². The number of carbonyl (C=O) groups excluding carboxylic acids is 1. The highest BCUT2D eigenvalue weighted by atomic mass is 32.2. The van der Waals surface area contributed by atoms with Crippen molar-refractivity contribution in [2.75, 3.05) is 12.9 Å². The van der Waals surface area contributed by atoms with E-state index in [9.17, 15) is 4.79 Å². The molecule has 2 aromatic heterocycles. The number of hydrogen-bond acceptors (Lipinski definition) is 5. The van der Waals surface area contributed by atoms with Gasteiger partial charge in [0.15, 0.2) is 0 Å². The number of thiophene rings is 1. The van der Waals surface area contributed by atoms with Crippen molar-refractivity contribution >= 4 is 39.7 Å². The van der Waals surface area contributed by atoms with Crippen LogP contribution in [0.25, 0.3) is 31.8 Å². The zero-order chi connectivity index (χ0) is 18.8. The Morgan fingerprint density at radius 3 is 2.67 bits per heavy atom. The number of H-pyrrole nitrogens is 1. The number of benzene rings is 2. The number of nitrogens with one attached hydrogen (secondary N) is 1. The lowest BCUT2D eigenvalue weighted by molar-refractivity contribution is -0.114. The van der Waals surface area contributed by atoms with Crippen molar-refractivity contribution in [3.8, 4) is 26.8 Å². The van der Waals surface area contributed by atoms with E-state index in [1.807, 2.05) is 18.2 Å². The first-order chi connectivity index (χ1) is 13.1. The van der Waals surface area contributed by atoms with Gasteiger partial charge in [0.1, 0.15) is 16.6 Å². The van der Waals surface area contributed by atoms with Gasteiger partial charge in [-0.1, -0.05) is 30.0 Å². The number of ketones is 1. The molecule has 0 unspecified atom stereocenters. The number of aromatic nitrogens is 2. The maximum absolute atomic E-state index is 11.1. The fourth-order valence-electron chi connectivity index (χ4n) is 2.82. The van der Waals surface area contributed by atoms with E-state index >= 15 is 0 Å². The number of ether oxygens (including phenoxy) is 1. The molecule has 0 aliphatic heterocycles. The number of fused-ring (bicyclic) bond motifs is 1. The lowest BCUT2D eigenvalue weighted by Crippen LogP contribution is -1.92. The minimum absolute atomic E-state index is 0.150. The van der Waals surface area contributed by atoms with E-state index < -0.39 is 0 Å². The molecular formula is C21H18N2O2S2. The molecule has 0 aliphatic carbocycles. The van der Waals surface area contributed by atoms with Gasteiger partial charge in [-0.25, -0.2) is 0 Å². The molecule has 0 fully saturated rings. The van der Waals surface area contributed by atoms with Gasteiger partial charge in [0, 0.05) is 4.88 Å². The largest absolute Gasteiger partial charge is 0.497 e. The van der Waals surface area contributed by atoms with Crippen molar-refractivity contribution in [1.82, 2.24) is 10.2 Å². The normalized spacial score (nSPS) is 11.0. The van der Waals surface area contributed by atoms with E-state index in [-0.39, 0.29) is 5.78 Å². The fourth-order valence-corrected chi connectivity index (χ4v) is 4.45. The maximum atomic E-state index is 11.1. The van der Waals surface area contributed by atoms with Gasteiger partial charge in [0.2, 0.25) is 0 Å². The summed E-state index contributed by atoms with van der Waals surface area (Å²) in [6, 6.07) is 18.8. The van der Waals surface area contributed by atoms with Crippen LogP contribution in [0.5, 0.6) is 5.75 Å². The van der Waals surface area contributed by atoms with E-state index in [2.05, 4.69) is 46.6 Å². The Kier molecular flexibility index (Phi) is 5.01. The molecule has 0 atom stereocenters. The summed E-state index contributed by atoms with van der Waals surface area (Å²) >= 11 is 3.17. The molecule has 0 saturated heterocycles. The third kappa shape index (κ3) is 3.91. The van der Waals surface area contributed by atoms with E-state index in [0.29, 0.717) is 5.75 Å². The van der Waals surface area contributed by atoms with Crippen LogP contribution in [-0.2, 0) is 4.79 Å². The number of hydrogen-bond donors (Lipinski definition) is 1. The monoisotopic (exact) mass is 394 g/mol. The summed E-state index contributed by atoms with van der Waals surface area (Å²) in [6.45, 7) is 1.59. The highest BCUT2D eigenvalue weighted by Crippen LogP contribution is 2.36. The number of aromatic amines is 1. The van der Waals surface area contributed by atoms with Gasteiger partial charge in [0.25, 0.3) is 0 Å². The van der Waals surface area contributed by atoms with Crippen molar-refractivity contribution in [3.05, 3.63) is 54.6 Å². The Labute approximate surface area is 165 Å². The second-order valence-electron chi connectivity index (χ2n) is 6.20. The number of carbonyl (C=O) groups is 1. The number of methoxy groups -OCH3 is 1. The van der Waals surface area contributed by atoms with E-state index in [4.69, 9.17) is 4.74 Å². The van der Waals surface area contributed by atoms with Gasteiger partial charge in [-0.05, 0) is 59.7 Å². The summed E-state index contributed by atoms with van der Waals surface area (Å²) in [4.78, 5) is 13.5. The average molecular weight is 395 g/mol. The number of rotatable bonds is 6. The zero-order valence-electron chi connectivity index (χ0n) is 15.0. The van der Waals surface area contributed by atoms with E-state index in [0.717, 1.165) is 26.7 Å². The Bertz CT molecular complexity index is 1110. The van der Waals surface area contributed by atoms with Crippen LogP contribution in [0.1, 0.15) is 6.92 Å². The average Bonchev–Trinajstić information content (AvgIpc) is 3.35. The molecule has 2 aromatic carbocycles. The van der Waals surface area contributed by atoms with Crippen molar-refractivity contribution in [3.63, 3.8) is 0 Å². The second-order valence-corrected chi connectivity index (χ2v) is 8.28. The lowest BCUT2D eigenvalue weighted by atomic mass is 10.1. The third-order valence-electron chi connectivity index (χ3n) is 4.18. The van der Waals surface area contributed by atoms with Gasteiger partial charge in [-0.3, -0.25) is 9.89 Å². The SMILES string of the molecule is COc1ccc2cc(-c3ccc(-c4cc(SCC(C)=O)n[nH]4)s3)ccc2c1. The molecule has 136 valence electrons. The summed E-state index contributed by atoms with van der Waals surface area (Å²) in [5.41, 5.74) is 2.16. The van der Waals surface area contributed by atoms with Crippen LogP contribution in [0.4, 0.5) is 0 Å². The number of Topliss-reactive ketones (excluding diaryl/α,β-unsaturated/α-hetero) is 1. The predicted molar refractivity (Wildman–Crippen MR) is 113 cm³/mol. The van der Waals surface area contributed by atoms with Crippen LogP contribution in [0.3, 0.4) is 0 Å². The minimum atomic E-state index is 0.150. The molecule has 0 saturated carbocycles. The molecule has 0 aliphatic rings. The van der Waals surface area contributed by atoms with Gasteiger partial charge < -0.3 is 4.74 Å². The quantitative estimate of drug-likeness (QED) is 0.430. The Morgan fingerprint density at radius 2 is 1.85 bits per heavy atom.